The van der Waals surface area contributed by atoms with Crippen LogP contribution in [0.1, 0.15) is 37.7 Å². The maximum Gasteiger partial charge on any atom is 0.136 e. The molecule has 0 unspecified atom stereocenters. The Bertz CT molecular complexity index is 411. The van der Waals surface area contributed by atoms with Gasteiger partial charge in [-0.05, 0) is 43.0 Å². The normalized spacial score (nSPS) is 16.4. The Hall–Kier alpha value is -0.700. The monoisotopic (exact) mass is 298 g/mol. The highest BCUT2D eigenvalue weighted by Crippen LogP contribution is 2.27. The fourth-order valence-corrected chi connectivity index (χ4v) is 2.89. The van der Waals surface area contributed by atoms with Crippen molar-refractivity contribution in [2.45, 2.75) is 38.5 Å². The summed E-state index contributed by atoms with van der Waals surface area (Å²) in [6.45, 7) is 0. The van der Waals surface area contributed by atoms with Crippen LogP contribution < -0.4 is 0 Å². The molecule has 0 radical (unpaired) electrons. The Morgan fingerprint density at radius 2 is 2.06 bits per heavy atom. The van der Waals surface area contributed by atoms with Crippen LogP contribution >= 0.6 is 15.9 Å². The van der Waals surface area contributed by atoms with Crippen LogP contribution in [0.15, 0.2) is 22.7 Å². The lowest BCUT2D eigenvalue weighted by molar-refractivity contribution is -0.122. The Balaban J connectivity index is 1.92. The molecule has 17 heavy (non-hydrogen) atoms. The van der Waals surface area contributed by atoms with E-state index < -0.39 is 0 Å². The standard InChI is InChI=1S/C14H16BrFO/c15-13-7-6-12(16)9-11(13)5-8-14(17)10-3-1-2-4-10/h6-7,9-10H,1-5,8H2. The Kier molecular flexibility index (Phi) is 4.32. The average molecular weight is 299 g/mol. The van der Waals surface area contributed by atoms with E-state index in [1.54, 1.807) is 6.07 Å². The lowest BCUT2D eigenvalue weighted by atomic mass is 9.97. The summed E-state index contributed by atoms with van der Waals surface area (Å²) in [5.41, 5.74) is 0.886. The molecule has 0 heterocycles. The predicted octanol–water partition coefficient (Wildman–Crippen LogP) is 4.28. The average Bonchev–Trinajstić information content (AvgIpc) is 2.83. The molecule has 1 aliphatic carbocycles. The second-order valence-corrected chi connectivity index (χ2v) is 5.54. The molecule has 0 bridgehead atoms. The smallest absolute Gasteiger partial charge is 0.136 e. The van der Waals surface area contributed by atoms with Gasteiger partial charge in [0.2, 0.25) is 0 Å². The zero-order valence-corrected chi connectivity index (χ0v) is 11.3. The fourth-order valence-electron chi connectivity index (χ4n) is 2.44. The van der Waals surface area contributed by atoms with Gasteiger partial charge in [-0.15, -0.1) is 0 Å². The number of halogens is 2. The van der Waals surface area contributed by atoms with Gasteiger partial charge in [0, 0.05) is 16.8 Å². The van der Waals surface area contributed by atoms with Crippen molar-refractivity contribution in [1.29, 1.82) is 0 Å². The van der Waals surface area contributed by atoms with Crippen molar-refractivity contribution in [2.24, 2.45) is 5.92 Å². The number of rotatable bonds is 4. The number of Topliss-reactive ketones (excluding diaryl/α,β-unsaturated/α-hetero) is 1. The number of ketones is 1. The summed E-state index contributed by atoms with van der Waals surface area (Å²) in [5.74, 6) is 0.373. The van der Waals surface area contributed by atoms with Crippen LogP contribution in [0.25, 0.3) is 0 Å². The first-order chi connectivity index (χ1) is 8.16. The summed E-state index contributed by atoms with van der Waals surface area (Å²) in [7, 11) is 0. The van der Waals surface area contributed by atoms with Crippen LogP contribution in [0.5, 0.6) is 0 Å². The van der Waals surface area contributed by atoms with Crippen molar-refractivity contribution >= 4 is 21.7 Å². The quantitative estimate of drug-likeness (QED) is 0.811. The lowest BCUT2D eigenvalue weighted by Gasteiger charge is -2.08. The van der Waals surface area contributed by atoms with Gasteiger partial charge in [0.1, 0.15) is 11.6 Å². The molecule has 1 saturated carbocycles. The summed E-state index contributed by atoms with van der Waals surface area (Å²) < 4.78 is 14.0. The van der Waals surface area contributed by atoms with Crippen LogP contribution in [-0.4, -0.2) is 5.78 Å². The number of carbonyl (C=O) groups is 1. The molecular weight excluding hydrogens is 283 g/mol. The number of benzene rings is 1. The molecule has 1 aromatic rings. The molecule has 2 rings (SSSR count). The van der Waals surface area contributed by atoms with Crippen LogP contribution in [-0.2, 0) is 11.2 Å². The van der Waals surface area contributed by atoms with Gasteiger partial charge < -0.3 is 0 Å². The molecule has 0 amide bonds. The predicted molar refractivity (Wildman–Crippen MR) is 69.4 cm³/mol. The molecule has 0 spiro atoms. The topological polar surface area (TPSA) is 17.1 Å². The molecule has 92 valence electrons. The van der Waals surface area contributed by atoms with Gasteiger partial charge in [-0.25, -0.2) is 4.39 Å². The van der Waals surface area contributed by atoms with Gasteiger partial charge in [0.05, 0.1) is 0 Å². The first-order valence-corrected chi connectivity index (χ1v) is 6.93. The van der Waals surface area contributed by atoms with Crippen LogP contribution in [0.2, 0.25) is 0 Å². The van der Waals surface area contributed by atoms with E-state index in [4.69, 9.17) is 0 Å². The second-order valence-electron chi connectivity index (χ2n) is 4.68. The minimum Gasteiger partial charge on any atom is -0.299 e. The van der Waals surface area contributed by atoms with Gasteiger partial charge in [0.15, 0.2) is 0 Å². The minimum absolute atomic E-state index is 0.239. The second kappa shape index (κ2) is 5.76. The Labute approximate surface area is 110 Å². The van der Waals surface area contributed by atoms with E-state index in [0.717, 1.165) is 22.9 Å². The summed E-state index contributed by atoms with van der Waals surface area (Å²) in [5, 5.41) is 0. The summed E-state index contributed by atoms with van der Waals surface area (Å²) in [6.07, 6.45) is 5.62. The molecule has 0 saturated heterocycles. The molecule has 0 atom stereocenters. The highest BCUT2D eigenvalue weighted by Gasteiger charge is 2.22. The maximum absolute atomic E-state index is 13.1. The first kappa shape index (κ1) is 12.7. The zero-order chi connectivity index (χ0) is 12.3. The van der Waals surface area contributed by atoms with Crippen molar-refractivity contribution in [2.75, 3.05) is 0 Å². The number of carbonyl (C=O) groups excluding carboxylic acids is 1. The highest BCUT2D eigenvalue weighted by molar-refractivity contribution is 9.10. The van der Waals surface area contributed by atoms with E-state index >= 15 is 0 Å². The molecule has 1 aliphatic rings. The molecule has 1 fully saturated rings. The maximum atomic E-state index is 13.1. The molecule has 0 aliphatic heterocycles. The van der Waals surface area contributed by atoms with Gasteiger partial charge in [-0.3, -0.25) is 4.79 Å². The lowest BCUT2D eigenvalue weighted by Crippen LogP contribution is -2.11. The summed E-state index contributed by atoms with van der Waals surface area (Å²) in [6, 6.07) is 4.63. The zero-order valence-electron chi connectivity index (χ0n) is 9.72. The molecule has 0 aromatic heterocycles. The van der Waals surface area contributed by atoms with Crippen LogP contribution in [0.3, 0.4) is 0 Å². The molecular formula is C14H16BrFO. The van der Waals surface area contributed by atoms with Crippen molar-refractivity contribution < 1.29 is 9.18 Å². The van der Waals surface area contributed by atoms with E-state index in [1.165, 1.54) is 25.0 Å². The fraction of sp³-hybridized carbons (Fsp3) is 0.500. The van der Waals surface area contributed by atoms with Crippen LogP contribution in [0.4, 0.5) is 4.39 Å². The first-order valence-electron chi connectivity index (χ1n) is 6.13. The molecule has 0 N–H and O–H groups in total. The van der Waals surface area contributed by atoms with Crippen LogP contribution in [0, 0.1) is 11.7 Å². The van der Waals surface area contributed by atoms with Crippen molar-refractivity contribution in [3.8, 4) is 0 Å². The third kappa shape index (κ3) is 3.38. The number of aryl methyl sites for hydroxylation is 1. The van der Waals surface area contributed by atoms with Gasteiger partial charge in [-0.1, -0.05) is 28.8 Å². The number of hydrogen-bond donors (Lipinski definition) is 0. The minimum atomic E-state index is -0.239. The Morgan fingerprint density at radius 1 is 1.35 bits per heavy atom. The van der Waals surface area contributed by atoms with Crippen molar-refractivity contribution in [3.63, 3.8) is 0 Å². The SMILES string of the molecule is O=C(CCc1cc(F)ccc1Br)C1CCCC1. The van der Waals surface area contributed by atoms with E-state index in [0.29, 0.717) is 18.6 Å². The molecule has 1 nitrogen and oxygen atoms in total. The third-order valence-electron chi connectivity index (χ3n) is 3.46. The summed E-state index contributed by atoms with van der Waals surface area (Å²) >= 11 is 3.39. The largest absolute Gasteiger partial charge is 0.299 e. The summed E-state index contributed by atoms with van der Waals surface area (Å²) in [4.78, 5) is 11.9. The highest BCUT2D eigenvalue weighted by atomic mass is 79.9. The van der Waals surface area contributed by atoms with E-state index in [1.807, 2.05) is 0 Å². The van der Waals surface area contributed by atoms with E-state index in [9.17, 15) is 9.18 Å². The van der Waals surface area contributed by atoms with Gasteiger partial charge in [0.25, 0.3) is 0 Å². The van der Waals surface area contributed by atoms with Crippen molar-refractivity contribution in [3.05, 3.63) is 34.1 Å². The van der Waals surface area contributed by atoms with Gasteiger partial charge >= 0.3 is 0 Å². The molecule has 1 aromatic carbocycles. The Morgan fingerprint density at radius 3 is 2.76 bits per heavy atom. The van der Waals surface area contributed by atoms with E-state index in [2.05, 4.69) is 15.9 Å². The van der Waals surface area contributed by atoms with Crippen molar-refractivity contribution in [1.82, 2.24) is 0 Å². The molecule has 3 heteroatoms. The third-order valence-corrected chi connectivity index (χ3v) is 4.23. The number of hydrogen-bond acceptors (Lipinski definition) is 1. The van der Waals surface area contributed by atoms with E-state index in [-0.39, 0.29) is 11.7 Å². The van der Waals surface area contributed by atoms with Gasteiger partial charge in [-0.2, -0.15) is 0 Å².